The van der Waals surface area contributed by atoms with E-state index in [1.165, 1.54) is 0 Å². The van der Waals surface area contributed by atoms with Gasteiger partial charge >= 0.3 is 5.97 Å². The Hall–Kier alpha value is -3.62. The lowest BCUT2D eigenvalue weighted by atomic mass is 10.0. The second kappa shape index (κ2) is 9.73. The highest BCUT2D eigenvalue weighted by Crippen LogP contribution is 2.35. The molecule has 0 saturated heterocycles. The van der Waals surface area contributed by atoms with Crippen LogP contribution in [-0.2, 0) is 9.57 Å². The van der Waals surface area contributed by atoms with Crippen molar-refractivity contribution in [3.05, 3.63) is 69.3 Å². The lowest BCUT2D eigenvalue weighted by Crippen LogP contribution is -2.16. The molecule has 9 nitrogen and oxygen atoms in total. The molecule has 1 aliphatic rings. The van der Waals surface area contributed by atoms with E-state index in [2.05, 4.69) is 17.1 Å². The Balaban J connectivity index is 1.69. The van der Waals surface area contributed by atoms with E-state index in [0.29, 0.717) is 11.3 Å². The van der Waals surface area contributed by atoms with Gasteiger partial charge in [-0.25, -0.2) is 4.79 Å². The van der Waals surface area contributed by atoms with E-state index in [1.807, 2.05) is 0 Å². The number of esters is 1. The second-order valence-electron chi connectivity index (χ2n) is 6.69. The number of benzene rings is 2. The van der Waals surface area contributed by atoms with E-state index >= 15 is 0 Å². The Bertz CT molecular complexity index is 945. The van der Waals surface area contributed by atoms with Crippen LogP contribution >= 0.6 is 0 Å². The van der Waals surface area contributed by atoms with E-state index in [-0.39, 0.29) is 30.6 Å². The number of unbranched alkanes of at least 4 members (excludes halogenated alkanes) is 1. The number of ether oxygens (including phenoxy) is 2. The van der Waals surface area contributed by atoms with Gasteiger partial charge in [-0.05, 0) is 37.1 Å². The van der Waals surface area contributed by atoms with Crippen LogP contribution in [0.4, 0.5) is 5.69 Å². The molecule has 2 aromatic rings. The van der Waals surface area contributed by atoms with Gasteiger partial charge in [0.15, 0.2) is 0 Å². The Morgan fingerprint density at radius 3 is 2.80 bits per heavy atom. The van der Waals surface area contributed by atoms with Crippen LogP contribution in [-0.4, -0.2) is 30.2 Å². The molecule has 1 unspecified atom stereocenters. The Morgan fingerprint density at radius 1 is 1.23 bits per heavy atom. The van der Waals surface area contributed by atoms with Crippen LogP contribution in [0.25, 0.3) is 0 Å². The first kappa shape index (κ1) is 21.1. The first-order chi connectivity index (χ1) is 14.5. The van der Waals surface area contributed by atoms with Crippen LogP contribution in [0.2, 0.25) is 0 Å². The van der Waals surface area contributed by atoms with Crippen LogP contribution in [0.1, 0.15) is 58.6 Å². The predicted octanol–water partition coefficient (Wildman–Crippen LogP) is 3.93. The second-order valence-corrected chi connectivity index (χ2v) is 6.69. The first-order valence-corrected chi connectivity index (χ1v) is 9.65. The van der Waals surface area contributed by atoms with Crippen LogP contribution in [0.3, 0.4) is 0 Å². The summed E-state index contributed by atoms with van der Waals surface area (Å²) in [5, 5.41) is 12.0. The normalized spacial score (nSPS) is 14.6. The molecule has 0 fully saturated rings. The SMILES string of the molecule is CCCCC1OC(=O)c2cc(NC(=O)c3ccccc3OCCO[N+](=O)[O-])ccc21. The van der Waals surface area contributed by atoms with Crippen molar-refractivity contribution in [1.82, 2.24) is 0 Å². The molecule has 0 aliphatic carbocycles. The van der Waals surface area contributed by atoms with Gasteiger partial charge in [0, 0.05) is 11.3 Å². The molecule has 1 heterocycles. The van der Waals surface area contributed by atoms with Gasteiger partial charge in [0.1, 0.15) is 25.1 Å². The van der Waals surface area contributed by atoms with Crippen molar-refractivity contribution in [1.29, 1.82) is 0 Å². The molecule has 3 rings (SSSR count). The molecule has 1 aliphatic heterocycles. The summed E-state index contributed by atoms with van der Waals surface area (Å²) in [6.45, 7) is 1.73. The predicted molar refractivity (Wildman–Crippen MR) is 107 cm³/mol. The van der Waals surface area contributed by atoms with Gasteiger partial charge in [0.05, 0.1) is 11.1 Å². The summed E-state index contributed by atoms with van der Waals surface area (Å²) in [4.78, 5) is 39.3. The minimum atomic E-state index is -0.909. The summed E-state index contributed by atoms with van der Waals surface area (Å²) >= 11 is 0. The molecule has 158 valence electrons. The average Bonchev–Trinajstić information content (AvgIpc) is 3.05. The quantitative estimate of drug-likeness (QED) is 0.271. The zero-order chi connectivity index (χ0) is 21.5. The van der Waals surface area contributed by atoms with Gasteiger partial charge in [0.25, 0.3) is 11.0 Å². The highest BCUT2D eigenvalue weighted by atomic mass is 17.0. The van der Waals surface area contributed by atoms with Gasteiger partial charge in [0.2, 0.25) is 0 Å². The maximum absolute atomic E-state index is 12.7. The van der Waals surface area contributed by atoms with Gasteiger partial charge in [-0.15, -0.1) is 10.1 Å². The van der Waals surface area contributed by atoms with Crippen molar-refractivity contribution < 1.29 is 29.0 Å². The number of carbonyl (C=O) groups is 2. The largest absolute Gasteiger partial charge is 0.491 e. The maximum Gasteiger partial charge on any atom is 0.339 e. The van der Waals surface area contributed by atoms with Crippen molar-refractivity contribution >= 4 is 17.6 Å². The summed E-state index contributed by atoms with van der Waals surface area (Å²) in [5.41, 5.74) is 2.00. The number of amides is 1. The first-order valence-electron chi connectivity index (χ1n) is 9.65. The Labute approximate surface area is 173 Å². The lowest BCUT2D eigenvalue weighted by molar-refractivity contribution is -0.757. The zero-order valence-electron chi connectivity index (χ0n) is 16.5. The Kier molecular flexibility index (Phi) is 6.84. The highest BCUT2D eigenvalue weighted by molar-refractivity contribution is 6.07. The molecule has 0 bridgehead atoms. The maximum atomic E-state index is 12.7. The number of nitrogens with zero attached hydrogens (tertiary/aromatic N) is 1. The zero-order valence-corrected chi connectivity index (χ0v) is 16.5. The molecular weight excluding hydrogens is 392 g/mol. The third-order valence-electron chi connectivity index (χ3n) is 4.62. The van der Waals surface area contributed by atoms with Crippen LogP contribution < -0.4 is 10.1 Å². The Morgan fingerprint density at radius 2 is 2.03 bits per heavy atom. The molecule has 2 aromatic carbocycles. The monoisotopic (exact) mass is 414 g/mol. The molecule has 1 N–H and O–H groups in total. The minimum absolute atomic E-state index is 0.0882. The van der Waals surface area contributed by atoms with Gasteiger partial charge < -0.3 is 19.6 Å². The van der Waals surface area contributed by atoms with Crippen molar-refractivity contribution in [2.75, 3.05) is 18.5 Å². The topological polar surface area (TPSA) is 117 Å². The number of carbonyl (C=O) groups excluding carboxylic acids is 2. The van der Waals surface area contributed by atoms with Crippen LogP contribution in [0.15, 0.2) is 42.5 Å². The molecule has 0 saturated carbocycles. The molecule has 0 aromatic heterocycles. The molecule has 0 spiro atoms. The summed E-state index contributed by atoms with van der Waals surface area (Å²) in [6.07, 6.45) is 2.50. The number of anilines is 1. The van der Waals surface area contributed by atoms with E-state index in [9.17, 15) is 19.7 Å². The van der Waals surface area contributed by atoms with E-state index in [0.717, 1.165) is 24.8 Å². The molecule has 1 amide bonds. The molecule has 0 radical (unpaired) electrons. The van der Waals surface area contributed by atoms with Gasteiger partial charge in [-0.3, -0.25) is 4.79 Å². The summed E-state index contributed by atoms with van der Waals surface area (Å²) < 4.78 is 10.9. The van der Waals surface area contributed by atoms with E-state index < -0.39 is 17.0 Å². The summed E-state index contributed by atoms with van der Waals surface area (Å²) in [6, 6.07) is 11.6. The standard InChI is InChI=1S/C21H22N2O7/c1-2-3-7-19-15-10-9-14(13-17(15)21(25)30-19)22-20(24)16-6-4-5-8-18(16)28-11-12-29-23(26)27/h4-6,8-10,13,19H,2-3,7,11-12H2,1H3,(H,22,24). The van der Waals surface area contributed by atoms with Crippen LogP contribution in [0, 0.1) is 10.1 Å². The minimum Gasteiger partial charge on any atom is -0.491 e. The fourth-order valence-corrected chi connectivity index (χ4v) is 3.19. The highest BCUT2D eigenvalue weighted by Gasteiger charge is 2.30. The number of rotatable bonds is 10. The number of fused-ring (bicyclic) bond motifs is 1. The molecule has 30 heavy (non-hydrogen) atoms. The number of nitrogens with one attached hydrogen (secondary N) is 1. The summed E-state index contributed by atoms with van der Waals surface area (Å²) in [5.74, 6) is -0.562. The summed E-state index contributed by atoms with van der Waals surface area (Å²) in [7, 11) is 0. The number of para-hydroxylation sites is 1. The van der Waals surface area contributed by atoms with Crippen LogP contribution in [0.5, 0.6) is 5.75 Å². The van der Waals surface area contributed by atoms with Gasteiger partial charge in [-0.1, -0.05) is 31.5 Å². The van der Waals surface area contributed by atoms with Crippen molar-refractivity contribution in [2.45, 2.75) is 32.3 Å². The van der Waals surface area contributed by atoms with E-state index in [1.54, 1.807) is 42.5 Å². The van der Waals surface area contributed by atoms with E-state index in [4.69, 9.17) is 9.47 Å². The van der Waals surface area contributed by atoms with Gasteiger partial charge in [-0.2, -0.15) is 0 Å². The fourth-order valence-electron chi connectivity index (χ4n) is 3.19. The lowest BCUT2D eigenvalue weighted by Gasteiger charge is -2.12. The van der Waals surface area contributed by atoms with Crippen molar-refractivity contribution in [3.8, 4) is 5.75 Å². The molecular formula is C21H22N2O7. The number of hydrogen-bond donors (Lipinski definition) is 1. The third kappa shape index (κ3) is 5.05. The number of hydrogen-bond acceptors (Lipinski definition) is 7. The number of cyclic esters (lactones) is 1. The molecule has 1 atom stereocenters. The average molecular weight is 414 g/mol. The van der Waals surface area contributed by atoms with Crippen molar-refractivity contribution in [3.63, 3.8) is 0 Å². The smallest absolute Gasteiger partial charge is 0.339 e. The molecule has 9 heteroatoms. The van der Waals surface area contributed by atoms with Crippen molar-refractivity contribution in [2.24, 2.45) is 0 Å². The third-order valence-corrected chi connectivity index (χ3v) is 4.62. The fraction of sp³-hybridized carbons (Fsp3) is 0.333.